The van der Waals surface area contributed by atoms with E-state index in [1.165, 1.54) is 0 Å². The first-order valence-electron chi connectivity index (χ1n) is 6.28. The van der Waals surface area contributed by atoms with Crippen molar-refractivity contribution in [3.63, 3.8) is 0 Å². The Kier molecular flexibility index (Phi) is 3.48. The molecule has 0 saturated carbocycles. The van der Waals surface area contributed by atoms with Crippen LogP contribution in [0, 0.1) is 13.8 Å². The van der Waals surface area contributed by atoms with E-state index in [-0.39, 0.29) is 0 Å². The minimum atomic E-state index is 1.01. The number of aromatic nitrogens is 3. The van der Waals surface area contributed by atoms with Crippen LogP contribution in [0.5, 0.6) is 0 Å². The molecule has 0 N–H and O–H groups in total. The number of rotatable bonds is 2. The summed E-state index contributed by atoms with van der Waals surface area (Å²) in [5.74, 6) is 0. The third-order valence-electron chi connectivity index (χ3n) is 3.34. The molecule has 0 unspecified atom stereocenters. The molecule has 2 aromatic heterocycles. The van der Waals surface area contributed by atoms with Crippen molar-refractivity contribution in [2.24, 2.45) is 7.05 Å². The van der Waals surface area contributed by atoms with Gasteiger partial charge in [-0.2, -0.15) is 5.10 Å². The standard InChI is InChI=1S/C15H14BrN3S/c1-9-14(10(2)19(3)18-9)13-8-20-15(17-13)11-5-4-6-12(16)7-11/h4-8H,1-3H3. The van der Waals surface area contributed by atoms with E-state index in [4.69, 9.17) is 4.98 Å². The Morgan fingerprint density at radius 3 is 2.70 bits per heavy atom. The normalized spacial score (nSPS) is 11.0. The third kappa shape index (κ3) is 2.31. The van der Waals surface area contributed by atoms with E-state index in [1.807, 2.05) is 30.8 Å². The molecule has 0 atom stereocenters. The summed E-state index contributed by atoms with van der Waals surface area (Å²) in [7, 11) is 1.97. The van der Waals surface area contributed by atoms with Gasteiger partial charge in [-0.05, 0) is 26.0 Å². The van der Waals surface area contributed by atoms with Crippen LogP contribution in [0.4, 0.5) is 0 Å². The Balaban J connectivity index is 2.06. The zero-order valence-electron chi connectivity index (χ0n) is 11.5. The van der Waals surface area contributed by atoms with Crippen LogP contribution in [0.25, 0.3) is 21.8 Å². The molecule has 5 heteroatoms. The lowest BCUT2D eigenvalue weighted by Crippen LogP contribution is -1.92. The highest BCUT2D eigenvalue weighted by atomic mass is 79.9. The largest absolute Gasteiger partial charge is 0.272 e. The van der Waals surface area contributed by atoms with Gasteiger partial charge in [-0.15, -0.1) is 11.3 Å². The monoisotopic (exact) mass is 347 g/mol. The summed E-state index contributed by atoms with van der Waals surface area (Å²) < 4.78 is 2.98. The Hall–Kier alpha value is -1.46. The highest BCUT2D eigenvalue weighted by Crippen LogP contribution is 2.32. The molecule has 0 saturated heterocycles. The average Bonchev–Trinajstić information content (AvgIpc) is 2.96. The molecule has 0 aliphatic rings. The van der Waals surface area contributed by atoms with E-state index in [0.717, 1.165) is 37.7 Å². The lowest BCUT2D eigenvalue weighted by atomic mass is 10.1. The highest BCUT2D eigenvalue weighted by molar-refractivity contribution is 9.10. The van der Waals surface area contributed by atoms with Crippen LogP contribution in [-0.2, 0) is 7.05 Å². The summed E-state index contributed by atoms with van der Waals surface area (Å²) in [6.07, 6.45) is 0. The predicted molar refractivity (Wildman–Crippen MR) is 86.9 cm³/mol. The molecule has 3 nitrogen and oxygen atoms in total. The maximum absolute atomic E-state index is 4.77. The Labute approximate surface area is 130 Å². The molecule has 3 rings (SSSR count). The molecule has 0 bridgehead atoms. The Morgan fingerprint density at radius 2 is 2.05 bits per heavy atom. The van der Waals surface area contributed by atoms with Crippen LogP contribution < -0.4 is 0 Å². The maximum atomic E-state index is 4.77. The van der Waals surface area contributed by atoms with Gasteiger partial charge in [0.2, 0.25) is 0 Å². The lowest BCUT2D eigenvalue weighted by Gasteiger charge is -1.98. The first-order valence-corrected chi connectivity index (χ1v) is 7.95. The van der Waals surface area contributed by atoms with E-state index in [2.05, 4.69) is 45.5 Å². The number of thiazole rings is 1. The van der Waals surface area contributed by atoms with E-state index in [0.29, 0.717) is 0 Å². The zero-order chi connectivity index (χ0) is 14.3. The van der Waals surface area contributed by atoms with E-state index in [9.17, 15) is 0 Å². The fraction of sp³-hybridized carbons (Fsp3) is 0.200. The van der Waals surface area contributed by atoms with Crippen LogP contribution in [0.3, 0.4) is 0 Å². The van der Waals surface area contributed by atoms with Crippen LogP contribution in [0.2, 0.25) is 0 Å². The fourth-order valence-electron chi connectivity index (χ4n) is 2.29. The molecule has 1 aromatic carbocycles. The summed E-state index contributed by atoms with van der Waals surface area (Å²) in [6, 6.07) is 8.22. The molecule has 0 aliphatic carbocycles. The van der Waals surface area contributed by atoms with Gasteiger partial charge < -0.3 is 0 Å². The minimum absolute atomic E-state index is 1.01. The number of aryl methyl sites for hydroxylation is 2. The van der Waals surface area contributed by atoms with Crippen LogP contribution in [0.15, 0.2) is 34.1 Å². The Bertz CT molecular complexity index is 773. The second kappa shape index (κ2) is 5.14. The first-order chi connectivity index (χ1) is 9.56. The van der Waals surface area contributed by atoms with Crippen molar-refractivity contribution in [3.05, 3.63) is 45.5 Å². The van der Waals surface area contributed by atoms with Crippen LogP contribution in [0.1, 0.15) is 11.4 Å². The Morgan fingerprint density at radius 1 is 1.25 bits per heavy atom. The average molecular weight is 348 g/mol. The molecule has 0 fully saturated rings. The van der Waals surface area contributed by atoms with Gasteiger partial charge in [0.05, 0.1) is 11.4 Å². The molecular formula is C15H14BrN3S. The van der Waals surface area contributed by atoms with E-state index < -0.39 is 0 Å². The molecule has 0 radical (unpaired) electrons. The number of hydrogen-bond donors (Lipinski definition) is 0. The van der Waals surface area contributed by atoms with Crippen molar-refractivity contribution in [1.82, 2.24) is 14.8 Å². The van der Waals surface area contributed by atoms with Crippen molar-refractivity contribution < 1.29 is 0 Å². The van der Waals surface area contributed by atoms with E-state index in [1.54, 1.807) is 11.3 Å². The maximum Gasteiger partial charge on any atom is 0.124 e. The van der Waals surface area contributed by atoms with Crippen LogP contribution in [-0.4, -0.2) is 14.8 Å². The molecule has 3 aromatic rings. The molecule has 0 spiro atoms. The second-order valence-corrected chi connectivity index (χ2v) is 6.49. The van der Waals surface area contributed by atoms with Gasteiger partial charge in [0.15, 0.2) is 0 Å². The van der Waals surface area contributed by atoms with Gasteiger partial charge in [0.25, 0.3) is 0 Å². The van der Waals surface area contributed by atoms with Crippen molar-refractivity contribution in [2.45, 2.75) is 13.8 Å². The van der Waals surface area contributed by atoms with Gasteiger partial charge in [-0.1, -0.05) is 28.1 Å². The predicted octanol–water partition coefficient (Wildman–Crippen LogP) is 4.59. The van der Waals surface area contributed by atoms with Gasteiger partial charge in [-0.25, -0.2) is 4.98 Å². The number of halogens is 1. The smallest absolute Gasteiger partial charge is 0.124 e. The fourth-order valence-corrected chi connectivity index (χ4v) is 3.49. The lowest BCUT2D eigenvalue weighted by molar-refractivity contribution is 0.731. The van der Waals surface area contributed by atoms with Crippen molar-refractivity contribution in [2.75, 3.05) is 0 Å². The molecule has 2 heterocycles. The van der Waals surface area contributed by atoms with Crippen LogP contribution >= 0.6 is 27.3 Å². The second-order valence-electron chi connectivity index (χ2n) is 4.72. The SMILES string of the molecule is Cc1nn(C)c(C)c1-c1csc(-c2cccc(Br)c2)n1. The number of nitrogens with zero attached hydrogens (tertiary/aromatic N) is 3. The van der Waals surface area contributed by atoms with Crippen molar-refractivity contribution >= 4 is 27.3 Å². The molecule has 102 valence electrons. The third-order valence-corrected chi connectivity index (χ3v) is 4.73. The van der Waals surface area contributed by atoms with Crippen molar-refractivity contribution in [1.29, 1.82) is 0 Å². The molecule has 20 heavy (non-hydrogen) atoms. The minimum Gasteiger partial charge on any atom is -0.272 e. The summed E-state index contributed by atoms with van der Waals surface area (Å²) >= 11 is 5.17. The number of hydrogen-bond acceptors (Lipinski definition) is 3. The summed E-state index contributed by atoms with van der Waals surface area (Å²) in [5.41, 5.74) is 5.46. The van der Waals surface area contributed by atoms with Gasteiger partial charge in [0.1, 0.15) is 5.01 Å². The molecule has 0 aliphatic heterocycles. The van der Waals surface area contributed by atoms with Gasteiger partial charge in [-0.3, -0.25) is 4.68 Å². The summed E-state index contributed by atoms with van der Waals surface area (Å²) in [4.78, 5) is 4.77. The molecule has 0 amide bonds. The summed E-state index contributed by atoms with van der Waals surface area (Å²) in [5, 5.41) is 7.59. The van der Waals surface area contributed by atoms with E-state index >= 15 is 0 Å². The summed E-state index contributed by atoms with van der Waals surface area (Å²) in [6.45, 7) is 4.11. The molecular weight excluding hydrogens is 334 g/mol. The topological polar surface area (TPSA) is 30.7 Å². The van der Waals surface area contributed by atoms with Crippen molar-refractivity contribution in [3.8, 4) is 21.8 Å². The zero-order valence-corrected chi connectivity index (χ0v) is 13.9. The quantitative estimate of drug-likeness (QED) is 0.678. The first kappa shape index (κ1) is 13.5. The van der Waals surface area contributed by atoms with Gasteiger partial charge in [0, 0.05) is 33.7 Å². The highest BCUT2D eigenvalue weighted by Gasteiger charge is 2.15. The number of benzene rings is 1. The van der Waals surface area contributed by atoms with Gasteiger partial charge >= 0.3 is 0 Å².